The topological polar surface area (TPSA) is 60.4 Å². The summed E-state index contributed by atoms with van der Waals surface area (Å²) in [5.74, 6) is 122. The van der Waals surface area contributed by atoms with Crippen LogP contribution < -0.4 is 0 Å². The van der Waals surface area contributed by atoms with Crippen molar-refractivity contribution >= 4 is 54.9 Å². The van der Waals surface area contributed by atoms with E-state index in [0.717, 1.165) is 28.0 Å². The van der Waals surface area contributed by atoms with Crippen LogP contribution in [0.15, 0.2) is 91.6 Å². The second-order valence-corrected chi connectivity index (χ2v) is 15.2. The molecule has 400 valence electrons. The van der Waals surface area contributed by atoms with E-state index >= 15 is 0 Å². The molecule has 6 heterocycles. The number of terminal acetylenes is 1. The van der Waals surface area contributed by atoms with Gasteiger partial charge in [-0.2, -0.15) is 0 Å². The van der Waals surface area contributed by atoms with Crippen LogP contribution in [0.4, 0.5) is 0 Å². The molecule has 0 atom stereocenters. The van der Waals surface area contributed by atoms with Gasteiger partial charge in [0.15, 0.2) is 0 Å². The molecule has 0 aliphatic heterocycles. The van der Waals surface area contributed by atoms with Crippen LogP contribution in [0.25, 0.3) is 54.9 Å². The second kappa shape index (κ2) is 41.9. The summed E-state index contributed by atoms with van der Waals surface area (Å²) in [5.41, 5.74) is 6.24. The quantitative estimate of drug-likeness (QED) is 0.0957. The van der Waals surface area contributed by atoms with E-state index in [4.69, 9.17) is 12.8 Å². The third-order valence-corrected chi connectivity index (χ3v) is 9.88. The summed E-state index contributed by atoms with van der Waals surface area (Å²) in [5, 5.41) is 7.11. The predicted octanol–water partition coefficient (Wildman–Crippen LogP) is 6.77. The zero-order chi connectivity index (χ0) is 61.6. The number of hydrogen-bond donors (Lipinski definition) is 0. The minimum atomic E-state index is 0. The maximum Gasteiger partial charge on any atom is 0.146 e. The number of benzene rings is 2. The molecule has 0 aliphatic rings. The first-order chi connectivity index (χ1) is 43.6. The van der Waals surface area contributed by atoms with Crippen molar-refractivity contribution in [2.24, 2.45) is 0 Å². The van der Waals surface area contributed by atoms with Crippen LogP contribution in [0.5, 0.6) is 0 Å². The van der Waals surface area contributed by atoms with Crippen molar-refractivity contribution in [3.05, 3.63) is 115 Å². The Morgan fingerprint density at radius 1 is 0.322 bits per heavy atom. The van der Waals surface area contributed by atoms with Gasteiger partial charge in [-0.15, -0.1) is 12.3 Å². The molecule has 0 fully saturated rings. The molecule has 0 amide bonds. The molecule has 8 rings (SSSR count). The third-order valence-electron chi connectivity index (χ3n) is 9.88. The van der Waals surface area contributed by atoms with Gasteiger partial charge in [0.25, 0.3) is 0 Å². The Morgan fingerprint density at radius 2 is 0.611 bits per heavy atom. The standard InChI is InChI=1S/C52H.C15H11N3.C15H10N3.2Ir/c1-3-5-7-9-11-13-15-17-19-21-23-25-27-29-31-33-35-37-39-41-43-45-47-49-51-52-50-48-46-44-42-40-38-36-34-32-30-28-26-24-22-20-18-16-14-12-10-8-6-4-2;2*1-10-4-2-5-11-12-6-3-7-16-14(12)18-9-8-17-15(18)13(10)11;;/h1H;2-9H,1H3;2-8H,1H3;;/q-1;;-1;;. The van der Waals surface area contributed by atoms with E-state index < -0.39 is 0 Å². The third kappa shape index (κ3) is 23.1. The van der Waals surface area contributed by atoms with E-state index in [-0.39, 0.29) is 40.2 Å². The van der Waals surface area contributed by atoms with Crippen LogP contribution in [0.2, 0.25) is 0 Å². The summed E-state index contributed by atoms with van der Waals surface area (Å²) in [6.07, 6.45) is 23.8. The maximum atomic E-state index is 6.56. The molecular formula is C82H22Ir2N6-2. The predicted molar refractivity (Wildman–Crippen MR) is 347 cm³/mol. The van der Waals surface area contributed by atoms with E-state index in [1.54, 1.807) is 12.4 Å². The van der Waals surface area contributed by atoms with Gasteiger partial charge >= 0.3 is 0 Å². The summed E-state index contributed by atoms with van der Waals surface area (Å²) in [4.78, 5) is 17.8. The fraction of sp³-hybridized carbons (Fsp3) is 0.0244. The van der Waals surface area contributed by atoms with Crippen molar-refractivity contribution < 1.29 is 40.2 Å². The summed E-state index contributed by atoms with van der Waals surface area (Å²) < 4.78 is 4.00. The molecule has 6 aromatic heterocycles. The van der Waals surface area contributed by atoms with Gasteiger partial charge in [0.1, 0.15) is 11.3 Å². The molecule has 0 N–H and O–H groups in total. The smallest absolute Gasteiger partial charge is 0.146 e. The van der Waals surface area contributed by atoms with E-state index in [2.05, 4.69) is 383 Å². The van der Waals surface area contributed by atoms with E-state index in [9.17, 15) is 0 Å². The fourth-order valence-electron chi connectivity index (χ4n) is 6.73. The number of aryl methyl sites for hydroxylation is 2. The molecule has 8 aromatic rings. The number of nitrogens with zero attached hydrogens (tertiary/aromatic N) is 6. The van der Waals surface area contributed by atoms with Crippen molar-refractivity contribution in [1.82, 2.24) is 28.7 Å². The van der Waals surface area contributed by atoms with Gasteiger partial charge < -0.3 is 20.8 Å². The zero-order valence-corrected chi connectivity index (χ0v) is 51.4. The van der Waals surface area contributed by atoms with Gasteiger partial charge in [-0.25, -0.2) is 15.9 Å². The molecule has 0 aliphatic carbocycles. The first-order valence-electron chi connectivity index (χ1n) is 24.6. The SMILES string of the molecule is Cc1cccc2c3cccnc3n3[c-]cnc3c12.Cc1cccc2c3cccnc3n3ccnc3c12.[C-]#CC#CC#CC#CC#CC#CC#CC#CC#CC#CC#CC#CC#CC#CC#CC#CC#CC#CC#CC#CC#CC#CC#CC#CC#CC#C.[Ir].[Ir]. The van der Waals surface area contributed by atoms with Gasteiger partial charge in [-0.1, -0.05) is 54.2 Å². The molecule has 2 aromatic carbocycles. The van der Waals surface area contributed by atoms with Crippen molar-refractivity contribution in [3.8, 4) is 302 Å². The monoisotopic (exact) mass is 1480 g/mol. The Labute approximate surface area is 551 Å². The fourth-order valence-corrected chi connectivity index (χ4v) is 6.73. The number of fused-ring (bicyclic) bond motifs is 12. The molecule has 0 spiro atoms. The second-order valence-electron chi connectivity index (χ2n) is 15.2. The molecular weight excluding hydrogens is 1450 g/mol. The molecule has 6 nitrogen and oxygen atoms in total. The summed E-state index contributed by atoms with van der Waals surface area (Å²) in [6, 6.07) is 20.8. The Bertz CT molecular complexity index is 5670. The van der Waals surface area contributed by atoms with Crippen LogP contribution >= 0.6 is 0 Å². The number of aromatic nitrogens is 6. The van der Waals surface area contributed by atoms with Crippen molar-refractivity contribution in [1.29, 1.82) is 0 Å². The molecule has 8 heteroatoms. The van der Waals surface area contributed by atoms with Crippen LogP contribution in [0, 0.1) is 329 Å². The van der Waals surface area contributed by atoms with Crippen molar-refractivity contribution in [2.45, 2.75) is 13.8 Å². The number of hydrogen-bond acceptors (Lipinski definition) is 4. The average Bonchev–Trinajstić information content (AvgIpc) is 1.38. The van der Waals surface area contributed by atoms with E-state index in [1.165, 1.54) is 38.1 Å². The van der Waals surface area contributed by atoms with Crippen molar-refractivity contribution in [3.63, 3.8) is 0 Å². The van der Waals surface area contributed by atoms with Gasteiger partial charge in [-0.3, -0.25) is 10.3 Å². The van der Waals surface area contributed by atoms with Crippen LogP contribution in [0.3, 0.4) is 0 Å². The Morgan fingerprint density at radius 3 is 0.956 bits per heavy atom. The largest absolute Gasteiger partial charge is 0.446 e. The van der Waals surface area contributed by atoms with Gasteiger partial charge in [0.2, 0.25) is 0 Å². The molecule has 0 bridgehead atoms. The first-order valence-corrected chi connectivity index (χ1v) is 24.6. The molecule has 2 radical (unpaired) electrons. The first kappa shape index (κ1) is 67.5. The van der Waals surface area contributed by atoms with Gasteiger partial charge in [-0.05, 0) is 160 Å². The maximum absolute atomic E-state index is 6.56. The molecule has 0 saturated carbocycles. The Kier molecular flexibility index (Phi) is 31.5. The number of pyridine rings is 4. The molecule has 0 unspecified atom stereocenters. The van der Waals surface area contributed by atoms with E-state index in [1.807, 2.05) is 41.0 Å². The number of rotatable bonds is 0. The van der Waals surface area contributed by atoms with Crippen LogP contribution in [-0.2, 0) is 40.2 Å². The van der Waals surface area contributed by atoms with Gasteiger partial charge in [0.05, 0.1) is 0 Å². The summed E-state index contributed by atoms with van der Waals surface area (Å²) in [6.45, 7) is 4.23. The normalized spacial score (nSPS) is 6.89. The van der Waals surface area contributed by atoms with Gasteiger partial charge in [0, 0.05) is 271 Å². The minimum absolute atomic E-state index is 0. The minimum Gasteiger partial charge on any atom is -0.446 e. The van der Waals surface area contributed by atoms with Crippen LogP contribution in [-0.4, -0.2) is 28.7 Å². The van der Waals surface area contributed by atoms with E-state index in [0.29, 0.717) is 0 Å². The Hall–Kier alpha value is -15.0. The summed E-state index contributed by atoms with van der Waals surface area (Å²) >= 11 is 0. The zero-order valence-electron chi connectivity index (χ0n) is 46.6. The van der Waals surface area contributed by atoms with Crippen LogP contribution in [0.1, 0.15) is 11.1 Å². The Balaban J connectivity index is 0.000000358. The molecule has 90 heavy (non-hydrogen) atoms. The summed E-state index contributed by atoms with van der Waals surface area (Å²) in [7, 11) is 0. The average molecular weight is 1480 g/mol. The van der Waals surface area contributed by atoms with Crippen molar-refractivity contribution in [2.75, 3.05) is 0 Å². The number of imidazole rings is 2. The molecule has 0 saturated heterocycles.